The molecule has 1 atom stereocenters. The number of ether oxygens (including phenoxy) is 1. The molecule has 1 aromatic carbocycles. The third kappa shape index (κ3) is 3.50. The lowest BCUT2D eigenvalue weighted by Crippen LogP contribution is -2.44. The van der Waals surface area contributed by atoms with Gasteiger partial charge in [0.15, 0.2) is 5.78 Å². The normalized spacial score (nSPS) is 13.0. The van der Waals surface area contributed by atoms with Crippen LogP contribution < -0.4 is 4.74 Å². The molecular weight excluding hydrogens is 278 g/mol. The number of hydrogen-bond acceptors (Lipinski definition) is 6. The molecule has 0 bridgehead atoms. The van der Waals surface area contributed by atoms with Crippen LogP contribution >= 0.6 is 0 Å². The van der Waals surface area contributed by atoms with Crippen LogP contribution in [0.2, 0.25) is 0 Å². The zero-order chi connectivity index (χ0) is 16.0. The Balaban J connectivity index is 2.89. The summed E-state index contributed by atoms with van der Waals surface area (Å²) in [6, 6.07) is 5.75. The molecule has 7 nitrogen and oxygen atoms in total. The molecule has 0 radical (unpaired) electrons. The van der Waals surface area contributed by atoms with Crippen molar-refractivity contribution in [2.24, 2.45) is 5.18 Å². The first-order valence-electron chi connectivity index (χ1n) is 6.23. The second-order valence-electron chi connectivity index (χ2n) is 4.45. The van der Waals surface area contributed by atoms with Gasteiger partial charge < -0.3 is 9.84 Å². The lowest BCUT2D eigenvalue weighted by atomic mass is 9.91. The van der Waals surface area contributed by atoms with Gasteiger partial charge in [0.1, 0.15) is 17.9 Å². The Bertz CT molecular complexity index is 583. The number of nitrogens with zero attached hydrogens (tertiary/aromatic N) is 1. The molecule has 1 rings (SSSR count). The van der Waals surface area contributed by atoms with E-state index in [-0.39, 0.29) is 17.7 Å². The highest BCUT2D eigenvalue weighted by Crippen LogP contribution is 2.20. The first kappa shape index (κ1) is 16.5. The van der Waals surface area contributed by atoms with Gasteiger partial charge in [0.25, 0.3) is 0 Å². The van der Waals surface area contributed by atoms with E-state index in [0.29, 0.717) is 0 Å². The van der Waals surface area contributed by atoms with Crippen LogP contribution in [0.4, 0.5) is 0 Å². The third-order valence-electron chi connectivity index (χ3n) is 3.07. The standard InChI is InChI=1S/C14H15NO6/c1-3-11(16)14(2,15-20)12(17)8-21-10-7-5-4-6-9(10)13(18)19/h4-7H,3,8H2,1-2H3,(H,18,19). The molecule has 1 aromatic rings. The Morgan fingerprint density at radius 2 is 1.86 bits per heavy atom. The third-order valence-corrected chi connectivity index (χ3v) is 3.07. The van der Waals surface area contributed by atoms with Crippen LogP contribution in [0.5, 0.6) is 5.75 Å². The van der Waals surface area contributed by atoms with Gasteiger partial charge in [-0.15, -0.1) is 4.91 Å². The Hall–Kier alpha value is -2.57. The van der Waals surface area contributed by atoms with Gasteiger partial charge in [-0.1, -0.05) is 19.1 Å². The molecule has 0 aliphatic rings. The molecule has 1 N–H and O–H groups in total. The first-order chi connectivity index (χ1) is 9.86. The van der Waals surface area contributed by atoms with Gasteiger partial charge in [-0.2, -0.15) is 0 Å². The van der Waals surface area contributed by atoms with Gasteiger partial charge in [0.2, 0.25) is 11.3 Å². The van der Waals surface area contributed by atoms with E-state index in [1.807, 2.05) is 0 Å². The average Bonchev–Trinajstić information content (AvgIpc) is 2.50. The Morgan fingerprint density at radius 1 is 1.24 bits per heavy atom. The highest BCUT2D eigenvalue weighted by molar-refractivity contribution is 6.11. The summed E-state index contributed by atoms with van der Waals surface area (Å²) in [5.41, 5.74) is -2.12. The zero-order valence-electron chi connectivity index (χ0n) is 11.7. The fraction of sp³-hybridized carbons (Fsp3) is 0.357. The fourth-order valence-electron chi connectivity index (χ4n) is 1.65. The maximum absolute atomic E-state index is 12.0. The number of Topliss-reactive ketones (excluding diaryl/α,β-unsaturated/α-hetero) is 2. The number of ketones is 2. The Morgan fingerprint density at radius 3 is 2.38 bits per heavy atom. The summed E-state index contributed by atoms with van der Waals surface area (Å²) in [7, 11) is 0. The molecule has 0 aromatic heterocycles. The van der Waals surface area contributed by atoms with Crippen molar-refractivity contribution in [1.82, 2.24) is 0 Å². The van der Waals surface area contributed by atoms with Crippen molar-refractivity contribution in [3.05, 3.63) is 34.7 Å². The molecule has 0 heterocycles. The van der Waals surface area contributed by atoms with Crippen LogP contribution in [0.1, 0.15) is 30.6 Å². The molecule has 0 saturated heterocycles. The van der Waals surface area contributed by atoms with Crippen molar-refractivity contribution < 1.29 is 24.2 Å². The van der Waals surface area contributed by atoms with Gasteiger partial charge in [-0.3, -0.25) is 9.59 Å². The monoisotopic (exact) mass is 293 g/mol. The van der Waals surface area contributed by atoms with E-state index in [2.05, 4.69) is 5.18 Å². The minimum Gasteiger partial charge on any atom is -0.485 e. The quantitative estimate of drug-likeness (QED) is 0.578. The number of rotatable bonds is 8. The number of aromatic carboxylic acids is 1. The molecule has 0 saturated carbocycles. The van der Waals surface area contributed by atoms with Crippen LogP contribution in [0, 0.1) is 4.91 Å². The molecule has 0 fully saturated rings. The smallest absolute Gasteiger partial charge is 0.339 e. The Kier molecular flexibility index (Phi) is 5.29. The summed E-state index contributed by atoms with van der Waals surface area (Å²) in [6.45, 7) is 2.03. The fourth-order valence-corrected chi connectivity index (χ4v) is 1.65. The topological polar surface area (TPSA) is 110 Å². The summed E-state index contributed by atoms with van der Waals surface area (Å²) in [5.74, 6) is -2.66. The van der Waals surface area contributed by atoms with Crippen LogP contribution in [0.15, 0.2) is 29.4 Å². The predicted octanol–water partition coefficient (Wildman–Crippen LogP) is 1.84. The molecule has 21 heavy (non-hydrogen) atoms. The lowest BCUT2D eigenvalue weighted by Gasteiger charge is -2.18. The van der Waals surface area contributed by atoms with Crippen LogP contribution in [-0.2, 0) is 9.59 Å². The predicted molar refractivity (Wildman–Crippen MR) is 73.4 cm³/mol. The second kappa shape index (κ2) is 6.74. The number of benzene rings is 1. The lowest BCUT2D eigenvalue weighted by molar-refractivity contribution is -0.134. The Labute approximate surface area is 120 Å². The van der Waals surface area contributed by atoms with Gasteiger partial charge in [0, 0.05) is 6.42 Å². The highest BCUT2D eigenvalue weighted by atomic mass is 16.5. The van der Waals surface area contributed by atoms with E-state index in [4.69, 9.17) is 9.84 Å². The zero-order valence-corrected chi connectivity index (χ0v) is 11.7. The number of carboxylic acid groups (broad SMARTS) is 1. The average molecular weight is 293 g/mol. The number of carboxylic acids is 1. The molecule has 0 spiro atoms. The molecule has 0 amide bonds. The maximum Gasteiger partial charge on any atom is 0.339 e. The summed E-state index contributed by atoms with van der Waals surface area (Å²) in [6.07, 6.45) is -0.0142. The van der Waals surface area contributed by atoms with E-state index < -0.39 is 29.7 Å². The van der Waals surface area contributed by atoms with Crippen LogP contribution in [-0.4, -0.2) is 34.8 Å². The van der Waals surface area contributed by atoms with Crippen molar-refractivity contribution in [3.63, 3.8) is 0 Å². The van der Waals surface area contributed by atoms with Crippen LogP contribution in [0.25, 0.3) is 0 Å². The van der Waals surface area contributed by atoms with Gasteiger partial charge in [-0.25, -0.2) is 4.79 Å². The van der Waals surface area contributed by atoms with Crippen molar-refractivity contribution in [2.75, 3.05) is 6.61 Å². The number of nitroso groups, excluding NO2 is 1. The summed E-state index contributed by atoms with van der Waals surface area (Å²) in [4.78, 5) is 45.4. The first-order valence-corrected chi connectivity index (χ1v) is 6.23. The molecule has 0 aliphatic heterocycles. The van der Waals surface area contributed by atoms with E-state index in [0.717, 1.165) is 6.92 Å². The minimum atomic E-state index is -2.01. The largest absolute Gasteiger partial charge is 0.485 e. The van der Waals surface area contributed by atoms with Gasteiger partial charge >= 0.3 is 5.97 Å². The molecule has 112 valence electrons. The molecule has 0 aliphatic carbocycles. The minimum absolute atomic E-state index is 0.0142. The summed E-state index contributed by atoms with van der Waals surface area (Å²) < 4.78 is 5.12. The van der Waals surface area contributed by atoms with E-state index >= 15 is 0 Å². The van der Waals surface area contributed by atoms with E-state index in [9.17, 15) is 19.3 Å². The number of carbonyl (C=O) groups excluding carboxylic acids is 2. The highest BCUT2D eigenvalue weighted by Gasteiger charge is 2.41. The summed E-state index contributed by atoms with van der Waals surface area (Å²) >= 11 is 0. The van der Waals surface area contributed by atoms with Crippen molar-refractivity contribution in [3.8, 4) is 5.75 Å². The van der Waals surface area contributed by atoms with Gasteiger partial charge in [0.05, 0.1) is 0 Å². The number of hydrogen-bond donors (Lipinski definition) is 1. The number of para-hydroxylation sites is 1. The summed E-state index contributed by atoms with van der Waals surface area (Å²) in [5, 5.41) is 11.6. The van der Waals surface area contributed by atoms with Crippen molar-refractivity contribution >= 4 is 17.5 Å². The number of carbonyl (C=O) groups is 3. The molecule has 7 heteroatoms. The second-order valence-corrected chi connectivity index (χ2v) is 4.45. The van der Waals surface area contributed by atoms with Gasteiger partial charge in [-0.05, 0) is 24.2 Å². The van der Waals surface area contributed by atoms with E-state index in [1.54, 1.807) is 6.07 Å². The van der Waals surface area contributed by atoms with Crippen molar-refractivity contribution in [1.29, 1.82) is 0 Å². The molecular formula is C14H15NO6. The maximum atomic E-state index is 12.0. The SMILES string of the molecule is CCC(=O)C(C)(N=O)C(=O)COc1ccccc1C(=O)O. The van der Waals surface area contributed by atoms with Crippen molar-refractivity contribution in [2.45, 2.75) is 25.8 Å². The molecule has 1 unspecified atom stereocenters. The van der Waals surface area contributed by atoms with Crippen LogP contribution in [0.3, 0.4) is 0 Å². The van der Waals surface area contributed by atoms with E-state index in [1.165, 1.54) is 25.1 Å².